The maximum Gasteiger partial charge on any atom is 0.204 e. The number of para-hydroxylation sites is 3. The lowest BCUT2D eigenvalue weighted by atomic mass is 10.1. The molecule has 4 aromatic rings. The lowest BCUT2D eigenvalue weighted by Crippen LogP contribution is -2.27. The Morgan fingerprint density at radius 1 is 0.966 bits per heavy atom. The van der Waals surface area contributed by atoms with Crippen LogP contribution in [0, 0.1) is 0 Å². The average Bonchev–Trinajstić information content (AvgIpc) is 3.10. The third kappa shape index (κ3) is 4.23. The van der Waals surface area contributed by atoms with Gasteiger partial charge in [0.1, 0.15) is 0 Å². The first-order valence-electron chi connectivity index (χ1n) is 10.0. The molecular formula is C23H26N4O2. The first-order chi connectivity index (χ1) is 14.3. The molecule has 6 heteroatoms. The van der Waals surface area contributed by atoms with Gasteiger partial charge in [-0.25, -0.2) is 4.98 Å². The maximum atomic E-state index is 5.66. The molecule has 0 fully saturated rings. The molecule has 0 spiro atoms. The second-order valence-corrected chi connectivity index (χ2v) is 6.72. The minimum absolute atomic E-state index is 0.308. The molecule has 0 radical (unpaired) electrons. The van der Waals surface area contributed by atoms with Crippen molar-refractivity contribution in [3.63, 3.8) is 0 Å². The Hall–Kier alpha value is -2.96. The van der Waals surface area contributed by atoms with Gasteiger partial charge in [-0.1, -0.05) is 36.4 Å². The van der Waals surface area contributed by atoms with Crippen LogP contribution in [0.1, 0.15) is 19.4 Å². The molecule has 2 aromatic carbocycles. The van der Waals surface area contributed by atoms with Gasteiger partial charge in [0, 0.05) is 24.8 Å². The summed E-state index contributed by atoms with van der Waals surface area (Å²) < 4.78 is 13.5. The molecule has 0 aliphatic rings. The number of nitrogens with zero attached hydrogens (tertiary/aromatic N) is 3. The number of benzene rings is 2. The zero-order valence-electron chi connectivity index (χ0n) is 16.8. The quantitative estimate of drug-likeness (QED) is 0.428. The van der Waals surface area contributed by atoms with Crippen LogP contribution < -0.4 is 5.32 Å². The van der Waals surface area contributed by atoms with Crippen LogP contribution >= 0.6 is 0 Å². The lowest BCUT2D eigenvalue weighted by Gasteiger charge is -2.18. The summed E-state index contributed by atoms with van der Waals surface area (Å²) in [5.41, 5.74) is 4.19. The van der Waals surface area contributed by atoms with E-state index in [9.17, 15) is 0 Å². The fraction of sp³-hybridized carbons (Fsp3) is 0.304. The summed E-state index contributed by atoms with van der Waals surface area (Å²) in [6.45, 7) is 6.34. The minimum Gasteiger partial charge on any atom is -0.351 e. The number of nitrogens with one attached hydrogen (secondary N) is 1. The molecule has 0 atom stereocenters. The second kappa shape index (κ2) is 9.03. The van der Waals surface area contributed by atoms with Gasteiger partial charge in [-0.3, -0.25) is 4.98 Å². The molecular weight excluding hydrogens is 364 g/mol. The summed E-state index contributed by atoms with van der Waals surface area (Å²) in [7, 11) is 0. The van der Waals surface area contributed by atoms with E-state index in [-0.39, 0.29) is 6.29 Å². The highest BCUT2D eigenvalue weighted by Crippen LogP contribution is 2.24. The molecule has 6 nitrogen and oxygen atoms in total. The van der Waals surface area contributed by atoms with E-state index in [1.54, 1.807) is 0 Å². The van der Waals surface area contributed by atoms with Gasteiger partial charge in [0.05, 0.1) is 29.6 Å². The van der Waals surface area contributed by atoms with Crippen LogP contribution in [0.4, 0.5) is 5.95 Å². The summed E-state index contributed by atoms with van der Waals surface area (Å²) in [5, 5.41) is 4.56. The third-order valence-corrected chi connectivity index (χ3v) is 4.83. The topological polar surface area (TPSA) is 61.2 Å². The highest BCUT2D eigenvalue weighted by molar-refractivity contribution is 5.83. The standard InChI is InChI=1S/C23H26N4O2/c1-3-28-21(29-4-2)15-25-23-26-19-12-5-6-13-20(19)27(23)16-18-10-7-9-17-11-8-14-24-22(17)18/h5-14,21H,3-4,15-16H2,1-2H3,(H,25,26). The SMILES string of the molecule is CCOC(CNc1nc2ccccc2n1Cc1cccc2cccnc12)OCC. The first kappa shape index (κ1) is 19.4. The van der Waals surface area contributed by atoms with Crippen molar-refractivity contribution in [1.82, 2.24) is 14.5 Å². The average molecular weight is 390 g/mol. The van der Waals surface area contributed by atoms with Crippen molar-refractivity contribution in [3.05, 3.63) is 66.4 Å². The fourth-order valence-corrected chi connectivity index (χ4v) is 3.55. The highest BCUT2D eigenvalue weighted by atomic mass is 16.7. The Balaban J connectivity index is 1.68. The van der Waals surface area contributed by atoms with Gasteiger partial charge in [0.2, 0.25) is 5.95 Å². The van der Waals surface area contributed by atoms with Crippen molar-refractivity contribution in [3.8, 4) is 0 Å². The number of fused-ring (bicyclic) bond motifs is 2. The van der Waals surface area contributed by atoms with Crippen LogP contribution in [0.5, 0.6) is 0 Å². The van der Waals surface area contributed by atoms with Crippen molar-refractivity contribution < 1.29 is 9.47 Å². The number of hydrogen-bond donors (Lipinski definition) is 1. The van der Waals surface area contributed by atoms with Gasteiger partial charge >= 0.3 is 0 Å². The van der Waals surface area contributed by atoms with Crippen molar-refractivity contribution in [2.24, 2.45) is 0 Å². The number of hydrogen-bond acceptors (Lipinski definition) is 5. The Morgan fingerprint density at radius 2 is 1.76 bits per heavy atom. The van der Waals surface area contributed by atoms with Crippen molar-refractivity contribution in [2.45, 2.75) is 26.7 Å². The molecule has 2 heterocycles. The number of anilines is 1. The fourth-order valence-electron chi connectivity index (χ4n) is 3.55. The summed E-state index contributed by atoms with van der Waals surface area (Å²) in [6, 6.07) is 18.5. The van der Waals surface area contributed by atoms with Crippen molar-refractivity contribution >= 4 is 27.9 Å². The Morgan fingerprint density at radius 3 is 2.59 bits per heavy atom. The first-order valence-corrected chi connectivity index (χ1v) is 10.0. The monoisotopic (exact) mass is 390 g/mol. The molecule has 0 aliphatic carbocycles. The molecule has 29 heavy (non-hydrogen) atoms. The van der Waals surface area contributed by atoms with Crippen LogP contribution in [-0.4, -0.2) is 40.6 Å². The second-order valence-electron chi connectivity index (χ2n) is 6.72. The van der Waals surface area contributed by atoms with Crippen LogP contribution in [0.25, 0.3) is 21.9 Å². The van der Waals surface area contributed by atoms with E-state index < -0.39 is 0 Å². The molecule has 0 aliphatic heterocycles. The largest absolute Gasteiger partial charge is 0.351 e. The maximum absolute atomic E-state index is 5.66. The van der Waals surface area contributed by atoms with E-state index in [0.29, 0.717) is 26.3 Å². The lowest BCUT2D eigenvalue weighted by molar-refractivity contribution is -0.126. The van der Waals surface area contributed by atoms with Gasteiger partial charge in [0.25, 0.3) is 0 Å². The van der Waals surface area contributed by atoms with E-state index in [4.69, 9.17) is 14.5 Å². The molecule has 0 saturated heterocycles. The Bertz CT molecular complexity index is 1080. The normalized spacial score (nSPS) is 11.6. The van der Waals surface area contributed by atoms with Crippen LogP contribution in [0.3, 0.4) is 0 Å². The van der Waals surface area contributed by atoms with Crippen molar-refractivity contribution in [2.75, 3.05) is 25.1 Å². The molecule has 0 unspecified atom stereocenters. The number of pyridine rings is 1. The van der Waals surface area contributed by atoms with Gasteiger partial charge < -0.3 is 19.4 Å². The smallest absolute Gasteiger partial charge is 0.204 e. The van der Waals surface area contributed by atoms with E-state index in [1.165, 1.54) is 0 Å². The van der Waals surface area contributed by atoms with Crippen LogP contribution in [0.15, 0.2) is 60.8 Å². The highest BCUT2D eigenvalue weighted by Gasteiger charge is 2.15. The zero-order chi connectivity index (χ0) is 20.1. The predicted octanol–water partition coefficient (Wildman–Crippen LogP) is 4.44. The predicted molar refractivity (Wildman–Crippen MR) is 116 cm³/mol. The Labute approximate surface area is 170 Å². The molecule has 0 bridgehead atoms. The number of aromatic nitrogens is 3. The van der Waals surface area contributed by atoms with Gasteiger partial charge in [-0.15, -0.1) is 0 Å². The third-order valence-electron chi connectivity index (χ3n) is 4.83. The zero-order valence-corrected chi connectivity index (χ0v) is 16.8. The molecule has 0 amide bonds. The summed E-state index contributed by atoms with van der Waals surface area (Å²) >= 11 is 0. The number of imidazole rings is 1. The summed E-state index contributed by atoms with van der Waals surface area (Å²) in [6.07, 6.45) is 1.53. The van der Waals surface area contributed by atoms with Crippen molar-refractivity contribution in [1.29, 1.82) is 0 Å². The summed E-state index contributed by atoms with van der Waals surface area (Å²) in [5.74, 6) is 0.795. The van der Waals surface area contributed by atoms with Gasteiger partial charge in [0.15, 0.2) is 6.29 Å². The van der Waals surface area contributed by atoms with Gasteiger partial charge in [-0.2, -0.15) is 0 Å². The number of ether oxygens (including phenoxy) is 2. The van der Waals surface area contributed by atoms with E-state index in [1.807, 2.05) is 44.3 Å². The number of rotatable bonds is 9. The van der Waals surface area contributed by atoms with E-state index >= 15 is 0 Å². The molecule has 4 rings (SSSR count). The minimum atomic E-state index is -0.308. The molecule has 2 aromatic heterocycles. The van der Waals surface area contributed by atoms with E-state index in [2.05, 4.69) is 45.2 Å². The Kier molecular flexibility index (Phi) is 6.03. The molecule has 0 saturated carbocycles. The van der Waals surface area contributed by atoms with Gasteiger partial charge in [-0.05, 0) is 37.6 Å². The van der Waals surface area contributed by atoms with Crippen LogP contribution in [0.2, 0.25) is 0 Å². The van der Waals surface area contributed by atoms with Crippen LogP contribution in [-0.2, 0) is 16.0 Å². The summed E-state index contributed by atoms with van der Waals surface area (Å²) in [4.78, 5) is 9.40. The van der Waals surface area contributed by atoms with E-state index in [0.717, 1.165) is 33.4 Å². The molecule has 1 N–H and O–H groups in total. The molecule has 150 valence electrons.